The summed E-state index contributed by atoms with van der Waals surface area (Å²) in [5, 5.41) is 0. The fraction of sp³-hybridized carbons (Fsp3) is 0.250. The van der Waals surface area contributed by atoms with Gasteiger partial charge in [-0.3, -0.25) is 13.6 Å². The van der Waals surface area contributed by atoms with Crippen LogP contribution in [0.3, 0.4) is 0 Å². The summed E-state index contributed by atoms with van der Waals surface area (Å²) in [6.45, 7) is 10.5. The fourth-order valence-electron chi connectivity index (χ4n) is 0.594. The van der Waals surface area contributed by atoms with Crippen LogP contribution in [0.1, 0.15) is 11.4 Å². The Morgan fingerprint density at radius 3 is 1.38 bits per heavy atom. The van der Waals surface area contributed by atoms with Gasteiger partial charge in [0.25, 0.3) is 0 Å². The third-order valence-electron chi connectivity index (χ3n) is 0.918. The molecule has 0 atom stereocenters. The molecule has 0 N–H and O–H groups in total. The van der Waals surface area contributed by atoms with Crippen LogP contribution < -0.4 is 4.98 Å². The summed E-state index contributed by atoms with van der Waals surface area (Å²) < 4.78 is 0. The molecule has 0 fully saturated rings. The van der Waals surface area contributed by atoms with Gasteiger partial charge in [-0.2, -0.15) is 11.4 Å². The summed E-state index contributed by atoms with van der Waals surface area (Å²) in [7, 11) is 4.57. The van der Waals surface area contributed by atoms with Crippen molar-refractivity contribution in [3.63, 3.8) is 0 Å². The number of hydrogen-bond donors (Lipinski definition) is 0. The van der Waals surface area contributed by atoms with Crippen LogP contribution in [0.25, 0.3) is 0 Å². The molecule has 0 saturated heterocycles. The van der Waals surface area contributed by atoms with E-state index in [9.17, 15) is 0 Å². The molecule has 0 spiro atoms. The molecule has 5 heteroatoms. The minimum absolute atomic E-state index is 1.11. The standard InChI is InChI=1S/C6H8N.2CHO.ClH.Ru/c1-5-3-4-6(2)7-5;2*1-2;;/h3-4H,1-2H3;2*1H;1H;/q3*-1;;+4/p-1. The molecule has 13 heavy (non-hydrogen) atoms. The van der Waals surface area contributed by atoms with E-state index >= 15 is 0 Å². The number of aromatic nitrogens is 1. The number of halogens is 1. The Balaban J connectivity index is -0.000000144. The van der Waals surface area contributed by atoms with Crippen molar-refractivity contribution in [2.24, 2.45) is 0 Å². The van der Waals surface area contributed by atoms with Crippen molar-refractivity contribution < 1.29 is 26.9 Å². The van der Waals surface area contributed by atoms with Gasteiger partial charge in [-0.05, 0) is 0 Å². The van der Waals surface area contributed by atoms with Crippen LogP contribution in [-0.4, -0.2) is 13.6 Å². The monoisotopic (exact) mass is 289 g/mol. The summed E-state index contributed by atoms with van der Waals surface area (Å²) in [5.74, 6) is 0. The van der Waals surface area contributed by atoms with Crippen LogP contribution in [-0.2, 0) is 26.9 Å². The second-order valence-corrected chi connectivity index (χ2v) is 1.73. The van der Waals surface area contributed by atoms with Crippen molar-refractivity contribution >= 4 is 23.3 Å². The number of carbonyl (C=O) groups excluding carboxylic acids is 2. The summed E-state index contributed by atoms with van der Waals surface area (Å²) in [6, 6.07) is 4.02. The number of aryl methyl sites for hydroxylation is 2. The second-order valence-electron chi connectivity index (χ2n) is 1.73. The molecule has 1 heterocycles. The SMILES string of the molecule is Cc1ccc(C)[n-]1.[CH-]=O.[CH-]=O.[Cl][Ru+3]. The average Bonchev–Trinajstić information content (AvgIpc) is 2.60. The van der Waals surface area contributed by atoms with Crippen LogP contribution in [0, 0.1) is 13.8 Å². The van der Waals surface area contributed by atoms with Crippen LogP contribution in [0.2, 0.25) is 0 Å². The van der Waals surface area contributed by atoms with E-state index in [1.807, 2.05) is 43.3 Å². The van der Waals surface area contributed by atoms with Gasteiger partial charge in [0.05, 0.1) is 0 Å². The molecule has 0 aromatic carbocycles. The normalized spacial score (nSPS) is 6.08. The van der Waals surface area contributed by atoms with E-state index < -0.39 is 0 Å². The van der Waals surface area contributed by atoms with Crippen molar-refractivity contribution in [2.75, 3.05) is 0 Å². The van der Waals surface area contributed by atoms with Gasteiger partial charge in [0.2, 0.25) is 0 Å². The number of hydrogen-bond acceptors (Lipinski definition) is 2. The molecular weight excluding hydrogens is 279 g/mol. The maximum absolute atomic E-state index is 7.75. The molecule has 0 aliphatic heterocycles. The van der Waals surface area contributed by atoms with E-state index in [0.717, 1.165) is 11.4 Å². The first-order chi connectivity index (χ1) is 6.29. The topological polar surface area (TPSA) is 48.2 Å². The zero-order valence-electron chi connectivity index (χ0n) is 7.30. The zero-order valence-corrected chi connectivity index (χ0v) is 9.80. The fourth-order valence-corrected chi connectivity index (χ4v) is 0.594. The van der Waals surface area contributed by atoms with E-state index in [0.29, 0.717) is 0 Å². The van der Waals surface area contributed by atoms with Gasteiger partial charge < -0.3 is 14.6 Å². The number of nitrogens with zero attached hydrogens (tertiary/aromatic N) is 1. The molecule has 74 valence electrons. The van der Waals surface area contributed by atoms with Gasteiger partial charge in [-0.1, -0.05) is 26.0 Å². The zero-order chi connectivity index (χ0) is 11.3. The Kier molecular flexibility index (Phi) is 24.8. The third kappa shape index (κ3) is 14.4. The maximum atomic E-state index is 7.75. The van der Waals surface area contributed by atoms with Crippen LogP contribution in [0.4, 0.5) is 0 Å². The summed E-state index contributed by atoms with van der Waals surface area (Å²) in [4.78, 5) is 19.6. The van der Waals surface area contributed by atoms with Crippen molar-refractivity contribution in [2.45, 2.75) is 13.8 Å². The average molecular weight is 289 g/mol. The first-order valence-electron chi connectivity index (χ1n) is 2.96. The van der Waals surface area contributed by atoms with Crippen LogP contribution in [0.5, 0.6) is 0 Å². The van der Waals surface area contributed by atoms with Gasteiger partial charge in [-0.25, -0.2) is 0 Å². The van der Waals surface area contributed by atoms with Crippen molar-refractivity contribution in [3.05, 3.63) is 23.5 Å². The van der Waals surface area contributed by atoms with Crippen molar-refractivity contribution in [1.29, 1.82) is 0 Å². The molecule has 0 radical (unpaired) electrons. The molecule has 0 aliphatic carbocycles. The summed E-state index contributed by atoms with van der Waals surface area (Å²) in [5.41, 5.74) is 2.22. The third-order valence-corrected chi connectivity index (χ3v) is 0.918. The van der Waals surface area contributed by atoms with Gasteiger partial charge >= 0.3 is 27.0 Å². The Bertz CT molecular complexity index is 176. The molecular formula is C8H10ClNO2Ru. The minimum atomic E-state index is 1.11. The Hall–Kier alpha value is -0.467. The molecule has 0 aliphatic rings. The van der Waals surface area contributed by atoms with E-state index in [1.54, 1.807) is 0 Å². The van der Waals surface area contributed by atoms with Gasteiger partial charge in [0.15, 0.2) is 0 Å². The van der Waals surface area contributed by atoms with E-state index in [2.05, 4.69) is 28.3 Å². The van der Waals surface area contributed by atoms with Gasteiger partial charge in [0.1, 0.15) is 0 Å². The Morgan fingerprint density at radius 2 is 1.31 bits per heavy atom. The molecule has 0 unspecified atom stereocenters. The van der Waals surface area contributed by atoms with Gasteiger partial charge in [-0.15, -0.1) is 0 Å². The first kappa shape index (κ1) is 18.3. The van der Waals surface area contributed by atoms with Crippen molar-refractivity contribution in [3.8, 4) is 0 Å². The quantitative estimate of drug-likeness (QED) is 0.412. The van der Waals surface area contributed by atoms with E-state index in [-0.39, 0.29) is 0 Å². The van der Waals surface area contributed by atoms with Crippen molar-refractivity contribution in [1.82, 2.24) is 4.98 Å². The summed E-state index contributed by atoms with van der Waals surface area (Å²) >= 11 is 1.82. The van der Waals surface area contributed by atoms with E-state index in [1.165, 1.54) is 0 Å². The van der Waals surface area contributed by atoms with Crippen LogP contribution >= 0.6 is 9.69 Å². The molecule has 0 saturated carbocycles. The molecule has 1 aromatic rings. The first-order valence-corrected chi connectivity index (χ1v) is 5.20. The molecule has 3 nitrogen and oxygen atoms in total. The Morgan fingerprint density at radius 1 is 1.08 bits per heavy atom. The number of rotatable bonds is 0. The van der Waals surface area contributed by atoms with E-state index in [4.69, 9.17) is 9.59 Å². The molecule has 0 bridgehead atoms. The predicted molar refractivity (Wildman–Crippen MR) is 48.6 cm³/mol. The molecule has 1 rings (SSSR count). The predicted octanol–water partition coefficient (Wildman–Crippen LogP) is 1.40. The second kappa shape index (κ2) is 17.6. The summed E-state index contributed by atoms with van der Waals surface area (Å²) in [6.07, 6.45) is 0. The molecule has 0 amide bonds. The Labute approximate surface area is 92.6 Å². The van der Waals surface area contributed by atoms with Crippen LogP contribution in [0.15, 0.2) is 12.1 Å². The van der Waals surface area contributed by atoms with Gasteiger partial charge in [0, 0.05) is 0 Å². The molecule has 1 aromatic heterocycles.